The molecule has 6 N–H and O–H groups in total. The maximum Gasteiger partial charge on any atom is 0.222 e. The molecule has 0 aromatic rings. The van der Waals surface area contributed by atoms with E-state index in [4.69, 9.17) is 11.5 Å². The summed E-state index contributed by atoms with van der Waals surface area (Å²) in [6.45, 7) is 2.12. The second kappa shape index (κ2) is 8.19. The monoisotopic (exact) mass is 216 g/mol. The molecule has 1 unspecified atom stereocenters. The molecular weight excluding hydrogens is 196 g/mol. The van der Waals surface area contributed by atoms with Crippen molar-refractivity contribution >= 4 is 11.8 Å². The van der Waals surface area contributed by atoms with Crippen molar-refractivity contribution < 1.29 is 9.59 Å². The van der Waals surface area contributed by atoms with E-state index in [1.54, 1.807) is 0 Å². The average molecular weight is 216 g/mol. The number of rotatable bonds is 7. The molecule has 0 aliphatic rings. The molecule has 6 nitrogen and oxygen atoms in total. The molecule has 0 radical (unpaired) electrons. The lowest BCUT2D eigenvalue weighted by molar-refractivity contribution is -0.122. The number of amides is 2. The molecule has 1 atom stereocenters. The van der Waals surface area contributed by atoms with Gasteiger partial charge in [-0.25, -0.2) is 0 Å². The molecule has 2 amide bonds. The van der Waals surface area contributed by atoms with E-state index in [0.717, 1.165) is 12.8 Å². The van der Waals surface area contributed by atoms with Crippen LogP contribution >= 0.6 is 0 Å². The molecule has 0 rings (SSSR count). The predicted octanol–water partition coefficient (Wildman–Crippen LogP) is -1.35. The largest absolute Gasteiger partial charge is 0.339 e. The van der Waals surface area contributed by atoms with Gasteiger partial charge in [-0.3, -0.25) is 9.59 Å². The Kier molecular flexibility index (Phi) is 7.57. The maximum atomic E-state index is 11.2. The molecule has 0 aliphatic heterocycles. The molecule has 0 aromatic carbocycles. The fourth-order valence-electron chi connectivity index (χ4n) is 1.06. The van der Waals surface area contributed by atoms with Crippen LogP contribution in [0.3, 0.4) is 0 Å². The molecule has 15 heavy (non-hydrogen) atoms. The summed E-state index contributed by atoms with van der Waals surface area (Å²) in [4.78, 5) is 21.7. The summed E-state index contributed by atoms with van der Waals surface area (Å²) in [5.41, 5.74) is 11.0. The van der Waals surface area contributed by atoms with Crippen molar-refractivity contribution in [1.82, 2.24) is 10.6 Å². The molecule has 0 saturated heterocycles. The highest BCUT2D eigenvalue weighted by Crippen LogP contribution is 1.97. The quantitative estimate of drug-likeness (QED) is 0.394. The fourth-order valence-corrected chi connectivity index (χ4v) is 1.06. The number of nitrogens with two attached hydrogens (primary N) is 2. The minimum Gasteiger partial charge on any atom is -0.339 e. The summed E-state index contributed by atoms with van der Waals surface area (Å²) < 4.78 is 0. The van der Waals surface area contributed by atoms with Crippen LogP contribution in [0.15, 0.2) is 0 Å². The molecule has 0 saturated carbocycles. The third-order valence-corrected chi connectivity index (χ3v) is 1.85. The standard InChI is InChI=1S/C9H20N4O2/c1-7(14)12-6-13-9(15)5-8(11)3-2-4-10/h8H,2-6,10-11H2,1H3,(H,12,14)(H,13,15). The Morgan fingerprint density at radius 1 is 1.33 bits per heavy atom. The van der Waals surface area contributed by atoms with Crippen LogP contribution in [-0.2, 0) is 9.59 Å². The zero-order chi connectivity index (χ0) is 11.7. The van der Waals surface area contributed by atoms with Crippen LogP contribution in [0, 0.1) is 0 Å². The molecule has 0 spiro atoms. The van der Waals surface area contributed by atoms with Crippen LogP contribution in [-0.4, -0.2) is 31.1 Å². The van der Waals surface area contributed by atoms with Gasteiger partial charge in [-0.1, -0.05) is 0 Å². The summed E-state index contributed by atoms with van der Waals surface area (Å²) in [5.74, 6) is -0.337. The van der Waals surface area contributed by atoms with E-state index in [1.807, 2.05) is 0 Å². The van der Waals surface area contributed by atoms with Crippen LogP contribution in [0.5, 0.6) is 0 Å². The summed E-state index contributed by atoms with van der Waals surface area (Å²) in [7, 11) is 0. The van der Waals surface area contributed by atoms with Gasteiger partial charge in [0.15, 0.2) is 0 Å². The van der Waals surface area contributed by atoms with E-state index in [1.165, 1.54) is 6.92 Å². The van der Waals surface area contributed by atoms with E-state index in [9.17, 15) is 9.59 Å². The maximum absolute atomic E-state index is 11.2. The molecule has 88 valence electrons. The topological polar surface area (TPSA) is 110 Å². The van der Waals surface area contributed by atoms with Gasteiger partial charge in [-0.05, 0) is 19.4 Å². The third-order valence-electron chi connectivity index (χ3n) is 1.85. The van der Waals surface area contributed by atoms with Crippen LogP contribution in [0.25, 0.3) is 0 Å². The lowest BCUT2D eigenvalue weighted by atomic mass is 10.1. The van der Waals surface area contributed by atoms with Crippen LogP contribution in [0.2, 0.25) is 0 Å². The molecule has 0 aliphatic carbocycles. The highest BCUT2D eigenvalue weighted by Gasteiger charge is 2.08. The first-order valence-corrected chi connectivity index (χ1v) is 5.03. The van der Waals surface area contributed by atoms with Gasteiger partial charge in [0.1, 0.15) is 0 Å². The Morgan fingerprint density at radius 2 is 2.00 bits per heavy atom. The fraction of sp³-hybridized carbons (Fsp3) is 0.778. The molecule has 0 heterocycles. The zero-order valence-corrected chi connectivity index (χ0v) is 9.08. The number of carbonyl (C=O) groups is 2. The molecular formula is C9H20N4O2. The van der Waals surface area contributed by atoms with E-state index in [2.05, 4.69) is 10.6 Å². The normalized spacial score (nSPS) is 11.9. The van der Waals surface area contributed by atoms with Gasteiger partial charge in [-0.2, -0.15) is 0 Å². The average Bonchev–Trinajstić information content (AvgIpc) is 2.14. The van der Waals surface area contributed by atoms with Crippen molar-refractivity contribution in [2.75, 3.05) is 13.2 Å². The van der Waals surface area contributed by atoms with Crippen LogP contribution in [0.1, 0.15) is 26.2 Å². The minimum atomic E-state index is -0.178. The van der Waals surface area contributed by atoms with Gasteiger partial charge in [0.05, 0.1) is 6.67 Å². The second-order valence-corrected chi connectivity index (χ2v) is 3.40. The van der Waals surface area contributed by atoms with E-state index >= 15 is 0 Å². The number of hydrogen-bond acceptors (Lipinski definition) is 4. The van der Waals surface area contributed by atoms with E-state index in [-0.39, 0.29) is 30.9 Å². The van der Waals surface area contributed by atoms with Gasteiger partial charge < -0.3 is 22.1 Å². The highest BCUT2D eigenvalue weighted by molar-refractivity contribution is 5.77. The van der Waals surface area contributed by atoms with Gasteiger partial charge in [-0.15, -0.1) is 0 Å². The smallest absolute Gasteiger partial charge is 0.222 e. The summed E-state index contributed by atoms with van der Waals surface area (Å²) in [6.07, 6.45) is 1.82. The van der Waals surface area contributed by atoms with Gasteiger partial charge >= 0.3 is 0 Å². The Morgan fingerprint density at radius 3 is 2.53 bits per heavy atom. The van der Waals surface area contributed by atoms with Crippen LogP contribution < -0.4 is 22.1 Å². The number of hydrogen-bond donors (Lipinski definition) is 4. The van der Waals surface area contributed by atoms with Crippen molar-refractivity contribution in [3.05, 3.63) is 0 Å². The Balaban J connectivity index is 3.50. The Bertz CT molecular complexity index is 208. The molecule has 6 heteroatoms. The lowest BCUT2D eigenvalue weighted by Gasteiger charge is -2.11. The lowest BCUT2D eigenvalue weighted by Crippen LogP contribution is -2.38. The van der Waals surface area contributed by atoms with Gasteiger partial charge in [0.25, 0.3) is 0 Å². The van der Waals surface area contributed by atoms with Gasteiger partial charge in [0, 0.05) is 19.4 Å². The zero-order valence-electron chi connectivity index (χ0n) is 9.08. The predicted molar refractivity (Wildman–Crippen MR) is 57.7 cm³/mol. The first kappa shape index (κ1) is 13.9. The first-order valence-electron chi connectivity index (χ1n) is 5.03. The Hall–Kier alpha value is -1.14. The van der Waals surface area contributed by atoms with Crippen LogP contribution in [0.4, 0.5) is 0 Å². The van der Waals surface area contributed by atoms with Crippen molar-refractivity contribution in [1.29, 1.82) is 0 Å². The summed E-state index contributed by atoms with van der Waals surface area (Å²) in [5, 5.41) is 5.00. The van der Waals surface area contributed by atoms with Crippen molar-refractivity contribution in [3.8, 4) is 0 Å². The van der Waals surface area contributed by atoms with E-state index in [0.29, 0.717) is 6.54 Å². The Labute approximate surface area is 89.8 Å². The summed E-state index contributed by atoms with van der Waals surface area (Å²) >= 11 is 0. The SMILES string of the molecule is CC(=O)NCNC(=O)CC(N)CCCN. The molecule has 0 bridgehead atoms. The first-order chi connectivity index (χ1) is 7.06. The highest BCUT2D eigenvalue weighted by atomic mass is 16.2. The third kappa shape index (κ3) is 9.17. The van der Waals surface area contributed by atoms with Crippen molar-refractivity contribution in [2.24, 2.45) is 11.5 Å². The molecule has 0 fully saturated rings. The second-order valence-electron chi connectivity index (χ2n) is 3.40. The van der Waals surface area contributed by atoms with E-state index < -0.39 is 0 Å². The van der Waals surface area contributed by atoms with Crippen molar-refractivity contribution in [2.45, 2.75) is 32.2 Å². The summed E-state index contributed by atoms with van der Waals surface area (Å²) in [6, 6.07) is -0.161. The number of carbonyl (C=O) groups excluding carboxylic acids is 2. The number of nitrogens with one attached hydrogen (secondary N) is 2. The molecule has 0 aromatic heterocycles. The van der Waals surface area contributed by atoms with Gasteiger partial charge in [0.2, 0.25) is 11.8 Å². The van der Waals surface area contributed by atoms with Crippen molar-refractivity contribution in [3.63, 3.8) is 0 Å². The minimum absolute atomic E-state index is 0.151.